The summed E-state index contributed by atoms with van der Waals surface area (Å²) in [5.74, 6) is 0.713. The van der Waals surface area contributed by atoms with Crippen LogP contribution in [0.5, 0.6) is 0 Å². The summed E-state index contributed by atoms with van der Waals surface area (Å²) in [6.07, 6.45) is 2.48. The van der Waals surface area contributed by atoms with Gasteiger partial charge in [-0.1, -0.05) is 48.0 Å². The van der Waals surface area contributed by atoms with Gasteiger partial charge in [0.1, 0.15) is 5.82 Å². The van der Waals surface area contributed by atoms with Crippen molar-refractivity contribution >= 4 is 50.6 Å². The number of halogens is 2. The number of carbonyl (C=O) groups excluding carboxylic acids is 1. The Balaban J connectivity index is 1.23. The van der Waals surface area contributed by atoms with Crippen molar-refractivity contribution in [2.24, 2.45) is 0 Å². The lowest BCUT2D eigenvalue weighted by atomic mass is 10.0. The number of amides is 1. The van der Waals surface area contributed by atoms with E-state index >= 15 is 0 Å². The highest BCUT2D eigenvalue weighted by Gasteiger charge is 2.27. The SMILES string of the molecule is O=C(NCCCNc1cc(-c2ccccc2Cl)nc2c(Br)cnn12)C1CNc2ccccc21. The second-order valence-electron chi connectivity index (χ2n) is 7.83. The predicted octanol–water partition coefficient (Wildman–Crippen LogP) is 4.94. The molecule has 0 saturated heterocycles. The number of carbonyl (C=O) groups is 1. The van der Waals surface area contributed by atoms with Gasteiger partial charge in [0.15, 0.2) is 5.65 Å². The zero-order valence-electron chi connectivity index (χ0n) is 17.7. The molecule has 0 radical (unpaired) electrons. The molecule has 2 aromatic heterocycles. The second kappa shape index (κ2) is 9.41. The molecule has 3 N–H and O–H groups in total. The largest absolute Gasteiger partial charge is 0.384 e. The van der Waals surface area contributed by atoms with Gasteiger partial charge >= 0.3 is 0 Å². The summed E-state index contributed by atoms with van der Waals surface area (Å²) in [5, 5.41) is 14.8. The zero-order valence-corrected chi connectivity index (χ0v) is 20.0. The van der Waals surface area contributed by atoms with Gasteiger partial charge in [-0.05, 0) is 40.0 Å². The lowest BCUT2D eigenvalue weighted by Crippen LogP contribution is -2.31. The maximum Gasteiger partial charge on any atom is 0.229 e. The van der Waals surface area contributed by atoms with E-state index in [1.165, 1.54) is 0 Å². The first-order chi connectivity index (χ1) is 16.1. The van der Waals surface area contributed by atoms with Gasteiger partial charge in [-0.15, -0.1) is 0 Å². The van der Waals surface area contributed by atoms with E-state index in [1.54, 1.807) is 10.7 Å². The zero-order chi connectivity index (χ0) is 22.8. The van der Waals surface area contributed by atoms with Gasteiger partial charge in [-0.2, -0.15) is 9.61 Å². The van der Waals surface area contributed by atoms with Crippen LogP contribution in [0, 0.1) is 0 Å². The number of hydrogen-bond donors (Lipinski definition) is 3. The summed E-state index contributed by atoms with van der Waals surface area (Å²) in [4.78, 5) is 17.4. The highest BCUT2D eigenvalue weighted by atomic mass is 79.9. The second-order valence-corrected chi connectivity index (χ2v) is 9.09. The molecule has 1 amide bonds. The monoisotopic (exact) mass is 524 g/mol. The van der Waals surface area contributed by atoms with Crippen LogP contribution in [-0.2, 0) is 4.79 Å². The Bertz CT molecular complexity index is 1320. The van der Waals surface area contributed by atoms with Crippen LogP contribution in [-0.4, -0.2) is 40.1 Å². The van der Waals surface area contributed by atoms with E-state index in [2.05, 4.69) is 37.0 Å². The topological polar surface area (TPSA) is 83.3 Å². The van der Waals surface area contributed by atoms with E-state index in [9.17, 15) is 4.79 Å². The molecule has 0 aliphatic carbocycles. The fourth-order valence-electron chi connectivity index (χ4n) is 4.03. The first-order valence-corrected chi connectivity index (χ1v) is 11.9. The maximum absolute atomic E-state index is 12.6. The lowest BCUT2D eigenvalue weighted by Gasteiger charge is -2.13. The molecule has 1 aliphatic rings. The van der Waals surface area contributed by atoms with Crippen molar-refractivity contribution in [3.8, 4) is 11.3 Å². The highest BCUT2D eigenvalue weighted by molar-refractivity contribution is 9.10. The van der Waals surface area contributed by atoms with Crippen molar-refractivity contribution in [1.82, 2.24) is 19.9 Å². The van der Waals surface area contributed by atoms with Gasteiger partial charge in [-0.25, -0.2) is 4.98 Å². The number of hydrogen-bond acceptors (Lipinski definition) is 5. The fraction of sp³-hybridized carbons (Fsp3) is 0.208. The van der Waals surface area contributed by atoms with Crippen molar-refractivity contribution in [2.45, 2.75) is 12.3 Å². The van der Waals surface area contributed by atoms with Crippen LogP contribution in [0.15, 0.2) is 65.3 Å². The normalized spacial score (nSPS) is 14.7. The van der Waals surface area contributed by atoms with Crippen LogP contribution in [0.2, 0.25) is 5.02 Å². The quantitative estimate of drug-likeness (QED) is 0.298. The number of nitrogens with zero attached hydrogens (tertiary/aromatic N) is 3. The molecule has 9 heteroatoms. The van der Waals surface area contributed by atoms with Crippen LogP contribution in [0.3, 0.4) is 0 Å². The molecular formula is C24H22BrClN6O. The minimum Gasteiger partial charge on any atom is -0.384 e. The van der Waals surface area contributed by atoms with Gasteiger partial charge in [0.25, 0.3) is 0 Å². The van der Waals surface area contributed by atoms with Crippen LogP contribution >= 0.6 is 27.5 Å². The Kier molecular flexibility index (Phi) is 6.20. The van der Waals surface area contributed by atoms with Gasteiger partial charge in [-0.3, -0.25) is 4.79 Å². The van der Waals surface area contributed by atoms with Crippen LogP contribution < -0.4 is 16.0 Å². The molecule has 1 unspecified atom stereocenters. The maximum atomic E-state index is 12.6. The van der Waals surface area contributed by atoms with Crippen molar-refractivity contribution in [3.63, 3.8) is 0 Å². The van der Waals surface area contributed by atoms with Crippen molar-refractivity contribution < 1.29 is 4.79 Å². The van der Waals surface area contributed by atoms with Gasteiger partial charge in [0.05, 0.1) is 22.3 Å². The van der Waals surface area contributed by atoms with E-state index in [0.29, 0.717) is 30.3 Å². The average molecular weight is 526 g/mol. The third-order valence-corrected chi connectivity index (χ3v) is 6.58. The molecule has 0 saturated carbocycles. The number of fused-ring (bicyclic) bond motifs is 2. The minimum absolute atomic E-state index is 0.0516. The standard InChI is InChI=1S/C24H22BrClN6O/c25-18-14-30-32-22(12-21(31-23(18)32)16-7-1-3-8-19(16)26)27-10-5-11-28-24(33)17-13-29-20-9-4-2-6-15(17)20/h1-4,6-9,12,14,17,27,29H,5,10-11,13H2,(H,28,33). The highest BCUT2D eigenvalue weighted by Crippen LogP contribution is 2.31. The molecule has 0 spiro atoms. The minimum atomic E-state index is -0.145. The Morgan fingerprint density at radius 3 is 2.88 bits per heavy atom. The molecule has 1 aliphatic heterocycles. The molecular weight excluding hydrogens is 504 g/mol. The summed E-state index contributed by atoms with van der Waals surface area (Å²) in [6, 6.07) is 17.5. The van der Waals surface area contributed by atoms with Crippen molar-refractivity contribution in [1.29, 1.82) is 0 Å². The smallest absolute Gasteiger partial charge is 0.229 e. The van der Waals surface area contributed by atoms with Crippen LogP contribution in [0.4, 0.5) is 11.5 Å². The van der Waals surface area contributed by atoms with Crippen LogP contribution in [0.1, 0.15) is 17.9 Å². The van der Waals surface area contributed by atoms with Gasteiger partial charge in [0.2, 0.25) is 5.91 Å². The number of para-hydroxylation sites is 1. The van der Waals surface area contributed by atoms with E-state index in [-0.39, 0.29) is 11.8 Å². The van der Waals surface area contributed by atoms with E-state index in [4.69, 9.17) is 16.6 Å². The lowest BCUT2D eigenvalue weighted by molar-refractivity contribution is -0.122. The van der Waals surface area contributed by atoms with Gasteiger partial charge in [0, 0.05) is 42.0 Å². The molecule has 1 atom stereocenters. The Labute approximate surface area is 204 Å². The number of benzene rings is 2. The first-order valence-electron chi connectivity index (χ1n) is 10.8. The average Bonchev–Trinajstić information content (AvgIpc) is 3.43. The third kappa shape index (κ3) is 4.41. The number of aromatic nitrogens is 3. The molecule has 7 nitrogen and oxygen atoms in total. The summed E-state index contributed by atoms with van der Waals surface area (Å²) in [5.41, 5.74) is 4.42. The summed E-state index contributed by atoms with van der Waals surface area (Å²) >= 11 is 9.92. The van der Waals surface area contributed by atoms with Gasteiger partial charge < -0.3 is 16.0 Å². The number of nitrogens with one attached hydrogen (secondary N) is 3. The van der Waals surface area contributed by atoms with Crippen molar-refractivity contribution in [2.75, 3.05) is 30.3 Å². The number of rotatable bonds is 7. The molecule has 2 aromatic carbocycles. The molecule has 168 valence electrons. The Morgan fingerprint density at radius 1 is 1.18 bits per heavy atom. The Hall–Kier alpha value is -3.10. The molecule has 0 fully saturated rings. The molecule has 3 heterocycles. The van der Waals surface area contributed by atoms with Crippen LogP contribution in [0.25, 0.3) is 16.9 Å². The molecule has 5 rings (SSSR count). The third-order valence-electron chi connectivity index (χ3n) is 5.69. The van der Waals surface area contributed by atoms with E-state index in [1.807, 2.05) is 54.6 Å². The molecule has 0 bridgehead atoms. The van der Waals surface area contributed by atoms with E-state index in [0.717, 1.165) is 39.2 Å². The Morgan fingerprint density at radius 2 is 2.00 bits per heavy atom. The molecule has 4 aromatic rings. The first kappa shape index (κ1) is 21.7. The molecule has 33 heavy (non-hydrogen) atoms. The summed E-state index contributed by atoms with van der Waals surface area (Å²) in [6.45, 7) is 1.88. The predicted molar refractivity (Wildman–Crippen MR) is 135 cm³/mol. The van der Waals surface area contributed by atoms with E-state index < -0.39 is 0 Å². The van der Waals surface area contributed by atoms with Crippen molar-refractivity contribution in [3.05, 3.63) is 75.9 Å². The summed E-state index contributed by atoms with van der Waals surface area (Å²) < 4.78 is 2.56. The number of anilines is 2. The summed E-state index contributed by atoms with van der Waals surface area (Å²) in [7, 11) is 0. The fourth-order valence-corrected chi connectivity index (χ4v) is 4.61.